The standard InChI is InChI=1S/C65H45BN2O/c1-64(2,3)43-33-34-56(48(37-43)41-21-8-5-9-22-41)67-58-39-61-49(46-25-12-17-32-60(46)69-61)38-55(58)66-62-50(35-42(36-59(62)67)40-19-6-4-7-20-40)47-26-18-30-54-63(47)68(66)57-31-16-15-29-53(57)65(54)51-27-13-10-23-44(51)45-24-11-14-28-52(45)65/h4-39H,1-3H3. The Morgan fingerprint density at radius 1 is 0.406 bits per heavy atom. The second-order valence-corrected chi connectivity index (χ2v) is 20.3. The van der Waals surface area contributed by atoms with Crippen molar-refractivity contribution in [3.8, 4) is 44.5 Å². The van der Waals surface area contributed by atoms with Crippen molar-refractivity contribution in [2.24, 2.45) is 0 Å². The largest absolute Gasteiger partial charge is 0.456 e. The number of nitrogens with zero attached hydrogens (tertiary/aromatic N) is 2. The quantitative estimate of drug-likeness (QED) is 0.165. The van der Waals surface area contributed by atoms with Crippen LogP contribution in [0.5, 0.6) is 0 Å². The van der Waals surface area contributed by atoms with Gasteiger partial charge in [0, 0.05) is 50.7 Å². The van der Waals surface area contributed by atoms with Crippen LogP contribution in [0.3, 0.4) is 0 Å². The van der Waals surface area contributed by atoms with Gasteiger partial charge < -0.3 is 14.1 Å². The van der Waals surface area contributed by atoms with E-state index in [2.05, 4.69) is 249 Å². The normalized spacial score (nSPS) is 14.3. The van der Waals surface area contributed by atoms with E-state index in [1.807, 2.05) is 0 Å². The van der Waals surface area contributed by atoms with Gasteiger partial charge in [-0.05, 0) is 114 Å². The van der Waals surface area contributed by atoms with E-state index in [1.54, 1.807) is 0 Å². The Labute approximate surface area is 402 Å². The first-order valence-corrected chi connectivity index (χ1v) is 24.3. The van der Waals surface area contributed by atoms with Crippen LogP contribution in [-0.4, -0.2) is 6.85 Å². The molecule has 4 heterocycles. The second kappa shape index (κ2) is 13.9. The van der Waals surface area contributed by atoms with Crippen molar-refractivity contribution >= 4 is 68.1 Å². The summed E-state index contributed by atoms with van der Waals surface area (Å²) in [5, 5.41) is 2.25. The fourth-order valence-corrected chi connectivity index (χ4v) is 12.9. The number of benzene rings is 10. The smallest absolute Gasteiger partial charge is 0.333 e. The van der Waals surface area contributed by atoms with Gasteiger partial charge in [-0.2, -0.15) is 0 Å². The third-order valence-electron chi connectivity index (χ3n) is 15.8. The van der Waals surface area contributed by atoms with Crippen molar-refractivity contribution in [1.29, 1.82) is 0 Å². The maximum Gasteiger partial charge on any atom is 0.333 e. The highest BCUT2D eigenvalue weighted by Crippen LogP contribution is 2.65. The molecule has 1 aliphatic carbocycles. The third-order valence-corrected chi connectivity index (χ3v) is 15.8. The zero-order valence-electron chi connectivity index (χ0n) is 38.7. The van der Waals surface area contributed by atoms with Crippen molar-refractivity contribution in [2.45, 2.75) is 31.6 Å². The predicted octanol–water partition coefficient (Wildman–Crippen LogP) is 15.6. The Morgan fingerprint density at radius 2 is 1.04 bits per heavy atom. The van der Waals surface area contributed by atoms with E-state index < -0.39 is 5.41 Å². The number of rotatable bonds is 3. The zero-order valence-corrected chi connectivity index (χ0v) is 38.7. The Bertz CT molecular complexity index is 3930. The number of fused-ring (bicyclic) bond motifs is 16. The Kier molecular flexibility index (Phi) is 7.79. The van der Waals surface area contributed by atoms with Gasteiger partial charge in [0.2, 0.25) is 0 Å². The summed E-state index contributed by atoms with van der Waals surface area (Å²) in [5.41, 5.74) is 26.1. The summed E-state index contributed by atoms with van der Waals surface area (Å²) in [7, 11) is 0. The molecule has 11 aromatic rings. The fourth-order valence-electron chi connectivity index (χ4n) is 12.9. The van der Waals surface area contributed by atoms with Gasteiger partial charge in [-0.3, -0.25) is 0 Å². The molecule has 1 aromatic heterocycles. The first-order valence-electron chi connectivity index (χ1n) is 24.3. The lowest BCUT2D eigenvalue weighted by atomic mass is 9.42. The molecule has 0 radical (unpaired) electrons. The maximum absolute atomic E-state index is 6.85. The molecule has 3 nitrogen and oxygen atoms in total. The molecule has 10 aromatic carbocycles. The van der Waals surface area contributed by atoms with Gasteiger partial charge >= 0.3 is 6.85 Å². The lowest BCUT2D eigenvalue weighted by Crippen LogP contribution is -2.63. The summed E-state index contributed by atoms with van der Waals surface area (Å²) in [6.45, 7) is 6.75. The van der Waals surface area contributed by atoms with Gasteiger partial charge in [-0.15, -0.1) is 0 Å². The van der Waals surface area contributed by atoms with Gasteiger partial charge in [0.25, 0.3) is 0 Å². The van der Waals surface area contributed by atoms with Crippen LogP contribution in [0.1, 0.15) is 48.6 Å². The topological polar surface area (TPSA) is 19.6 Å². The van der Waals surface area contributed by atoms with Crippen LogP contribution in [0.25, 0.3) is 66.4 Å². The van der Waals surface area contributed by atoms with Crippen molar-refractivity contribution in [3.05, 3.63) is 246 Å². The van der Waals surface area contributed by atoms with E-state index in [-0.39, 0.29) is 12.3 Å². The van der Waals surface area contributed by atoms with Crippen molar-refractivity contribution < 1.29 is 4.42 Å². The van der Waals surface area contributed by atoms with Crippen LogP contribution < -0.4 is 20.6 Å². The average molecular weight is 881 g/mol. The van der Waals surface area contributed by atoms with Gasteiger partial charge in [0.15, 0.2) is 0 Å². The highest BCUT2D eigenvalue weighted by molar-refractivity contribution is 6.94. The molecule has 4 aliphatic rings. The van der Waals surface area contributed by atoms with E-state index in [0.29, 0.717) is 0 Å². The van der Waals surface area contributed by atoms with E-state index in [9.17, 15) is 0 Å². The van der Waals surface area contributed by atoms with Crippen LogP contribution in [0.2, 0.25) is 0 Å². The van der Waals surface area contributed by atoms with Crippen LogP contribution in [0.15, 0.2) is 223 Å². The van der Waals surface area contributed by atoms with E-state index >= 15 is 0 Å². The number of furan rings is 1. The molecule has 69 heavy (non-hydrogen) atoms. The molecule has 324 valence electrons. The molecule has 3 aliphatic heterocycles. The molecule has 0 saturated heterocycles. The summed E-state index contributed by atoms with van der Waals surface area (Å²) in [4.78, 5) is 5.31. The summed E-state index contributed by atoms with van der Waals surface area (Å²) in [5.74, 6) is 0. The first kappa shape index (κ1) is 38.7. The predicted molar refractivity (Wildman–Crippen MR) is 288 cm³/mol. The number of hydrogen-bond donors (Lipinski definition) is 0. The van der Waals surface area contributed by atoms with Gasteiger partial charge in [-0.25, -0.2) is 0 Å². The second-order valence-electron chi connectivity index (χ2n) is 20.3. The van der Waals surface area contributed by atoms with E-state index in [4.69, 9.17) is 4.42 Å². The minimum absolute atomic E-state index is 0.0550. The SMILES string of the molecule is CC(C)(C)c1ccc(N2c3cc4oc5ccccc5c4cc3B3c4c(cc(-c5ccccc5)cc42)-c2cccc4c2N3c2ccccc2C42c3ccccc3-c3ccccc32)c(-c2ccccc2)c1. The van der Waals surface area contributed by atoms with Crippen molar-refractivity contribution in [2.75, 3.05) is 9.71 Å². The zero-order chi connectivity index (χ0) is 45.8. The highest BCUT2D eigenvalue weighted by Gasteiger charge is 2.56. The monoisotopic (exact) mass is 880 g/mol. The van der Waals surface area contributed by atoms with Crippen LogP contribution in [0, 0.1) is 0 Å². The highest BCUT2D eigenvalue weighted by atomic mass is 16.3. The molecule has 0 atom stereocenters. The van der Waals surface area contributed by atoms with Gasteiger partial charge in [-0.1, -0.05) is 197 Å². The number of anilines is 5. The van der Waals surface area contributed by atoms with Crippen LogP contribution in [-0.2, 0) is 10.8 Å². The third kappa shape index (κ3) is 5.13. The molecular formula is C65H45BN2O. The van der Waals surface area contributed by atoms with Crippen molar-refractivity contribution in [1.82, 2.24) is 0 Å². The molecule has 15 rings (SSSR count). The lowest BCUT2D eigenvalue weighted by Gasteiger charge is -2.52. The number of para-hydroxylation sites is 3. The summed E-state index contributed by atoms with van der Waals surface area (Å²) < 4.78 is 6.85. The minimum Gasteiger partial charge on any atom is -0.456 e. The van der Waals surface area contributed by atoms with E-state index in [1.165, 1.54) is 100 Å². The lowest BCUT2D eigenvalue weighted by molar-refractivity contribution is 0.590. The van der Waals surface area contributed by atoms with E-state index in [0.717, 1.165) is 33.3 Å². The molecule has 0 N–H and O–H groups in total. The van der Waals surface area contributed by atoms with Gasteiger partial charge in [0.05, 0.1) is 11.1 Å². The summed E-state index contributed by atoms with van der Waals surface area (Å²) in [6.07, 6.45) is 0. The van der Waals surface area contributed by atoms with Crippen LogP contribution in [0.4, 0.5) is 28.4 Å². The molecule has 0 fully saturated rings. The summed E-state index contributed by atoms with van der Waals surface area (Å²) >= 11 is 0. The Hall–Kier alpha value is -8.34. The molecule has 0 unspecified atom stereocenters. The van der Waals surface area contributed by atoms with Gasteiger partial charge in [0.1, 0.15) is 11.2 Å². The Balaban J connectivity index is 1.12. The number of hydrogen-bond acceptors (Lipinski definition) is 3. The molecular weight excluding hydrogens is 836 g/mol. The van der Waals surface area contributed by atoms with Crippen LogP contribution >= 0.6 is 0 Å². The molecule has 0 amide bonds. The molecule has 0 bridgehead atoms. The first-order chi connectivity index (χ1) is 33.9. The maximum atomic E-state index is 6.85. The molecule has 4 heteroatoms. The molecule has 1 spiro atoms. The Morgan fingerprint density at radius 3 is 1.80 bits per heavy atom. The minimum atomic E-state index is -0.531. The molecule has 0 saturated carbocycles. The van der Waals surface area contributed by atoms with Crippen molar-refractivity contribution in [3.63, 3.8) is 0 Å². The average Bonchev–Trinajstić information content (AvgIpc) is 3.91. The fraction of sp³-hybridized carbons (Fsp3) is 0.0769. The summed E-state index contributed by atoms with van der Waals surface area (Å²) in [6, 6.07) is 82.1.